The second-order valence-electron chi connectivity index (χ2n) is 5.29. The van der Waals surface area contributed by atoms with Gasteiger partial charge in [-0.1, -0.05) is 25.1 Å². The fourth-order valence-corrected chi connectivity index (χ4v) is 2.25. The van der Waals surface area contributed by atoms with Gasteiger partial charge in [-0.2, -0.15) is 0 Å². The molecule has 0 aliphatic carbocycles. The zero-order chi connectivity index (χ0) is 14.6. The van der Waals surface area contributed by atoms with Crippen LogP contribution in [0.25, 0.3) is 0 Å². The molecule has 1 rings (SSSR count). The van der Waals surface area contributed by atoms with Crippen LogP contribution in [-0.2, 0) is 6.42 Å². The number of unbranched alkanes of at least 4 members (excludes halogenated alkanes) is 3. The van der Waals surface area contributed by atoms with E-state index in [9.17, 15) is 0 Å². The maximum atomic E-state index is 5.75. The minimum Gasteiger partial charge on any atom is -0.494 e. The third kappa shape index (κ3) is 7.34. The van der Waals surface area contributed by atoms with E-state index >= 15 is 0 Å². The fourth-order valence-electron chi connectivity index (χ4n) is 2.25. The van der Waals surface area contributed by atoms with E-state index in [-0.39, 0.29) is 0 Å². The molecule has 0 aromatic heterocycles. The topological polar surface area (TPSA) is 21.3 Å². The molecule has 0 bridgehead atoms. The lowest BCUT2D eigenvalue weighted by Crippen LogP contribution is -2.27. The zero-order valence-corrected chi connectivity index (χ0v) is 13.0. The fraction of sp³-hybridized carbons (Fsp3) is 0.556. The maximum absolute atomic E-state index is 5.75. The number of likely N-dealkylation sites (N-methyl/N-ethyl adjacent to an activating group) is 1. The minimum absolute atomic E-state index is 0.525. The summed E-state index contributed by atoms with van der Waals surface area (Å²) in [5.74, 6) is 0.980. The molecule has 0 aliphatic rings. The Morgan fingerprint density at radius 2 is 1.95 bits per heavy atom. The van der Waals surface area contributed by atoms with Crippen molar-refractivity contribution in [2.24, 2.45) is 0 Å². The van der Waals surface area contributed by atoms with Gasteiger partial charge in [-0.15, -0.1) is 6.58 Å². The van der Waals surface area contributed by atoms with Crippen LogP contribution in [0.2, 0.25) is 0 Å². The molecule has 0 amide bonds. The average molecular weight is 275 g/mol. The van der Waals surface area contributed by atoms with Crippen molar-refractivity contribution in [3.8, 4) is 5.75 Å². The predicted octanol–water partition coefficient (Wildman–Crippen LogP) is 4.35. The second-order valence-corrected chi connectivity index (χ2v) is 5.29. The molecule has 0 spiro atoms. The molecule has 1 aromatic carbocycles. The molecule has 1 unspecified atom stereocenters. The summed E-state index contributed by atoms with van der Waals surface area (Å²) >= 11 is 0. The van der Waals surface area contributed by atoms with Crippen molar-refractivity contribution in [1.82, 2.24) is 5.32 Å². The van der Waals surface area contributed by atoms with E-state index in [1.807, 2.05) is 6.08 Å². The van der Waals surface area contributed by atoms with Crippen LogP contribution in [0.3, 0.4) is 0 Å². The van der Waals surface area contributed by atoms with Crippen molar-refractivity contribution in [3.05, 3.63) is 42.5 Å². The molecule has 20 heavy (non-hydrogen) atoms. The summed E-state index contributed by atoms with van der Waals surface area (Å²) in [5, 5.41) is 3.43. The predicted molar refractivity (Wildman–Crippen MR) is 87.4 cm³/mol. The summed E-state index contributed by atoms with van der Waals surface area (Å²) in [4.78, 5) is 0. The van der Waals surface area contributed by atoms with Crippen LogP contribution in [0.15, 0.2) is 36.9 Å². The Morgan fingerprint density at radius 3 is 2.60 bits per heavy atom. The van der Waals surface area contributed by atoms with Crippen molar-refractivity contribution in [1.29, 1.82) is 0 Å². The van der Waals surface area contributed by atoms with Crippen LogP contribution in [0.4, 0.5) is 0 Å². The van der Waals surface area contributed by atoms with E-state index in [2.05, 4.69) is 50.0 Å². The van der Waals surface area contributed by atoms with Gasteiger partial charge < -0.3 is 10.1 Å². The van der Waals surface area contributed by atoms with Gasteiger partial charge in [0.15, 0.2) is 0 Å². The Balaban J connectivity index is 2.23. The molecule has 112 valence electrons. The Labute approximate surface area is 124 Å². The number of hydrogen-bond acceptors (Lipinski definition) is 2. The van der Waals surface area contributed by atoms with Crippen LogP contribution in [0, 0.1) is 0 Å². The van der Waals surface area contributed by atoms with Gasteiger partial charge in [0.05, 0.1) is 6.61 Å². The van der Waals surface area contributed by atoms with E-state index in [0.717, 1.165) is 38.2 Å². The number of benzene rings is 1. The number of nitrogens with one attached hydrogen (secondary N) is 1. The highest BCUT2D eigenvalue weighted by Crippen LogP contribution is 2.14. The molecule has 0 radical (unpaired) electrons. The summed E-state index contributed by atoms with van der Waals surface area (Å²) in [6.07, 6.45) is 7.70. The molecule has 1 aromatic rings. The van der Waals surface area contributed by atoms with E-state index < -0.39 is 0 Å². The zero-order valence-electron chi connectivity index (χ0n) is 13.0. The highest BCUT2D eigenvalue weighted by Gasteiger charge is 2.02. The summed E-state index contributed by atoms with van der Waals surface area (Å²) in [5.41, 5.74) is 1.36. The van der Waals surface area contributed by atoms with Crippen molar-refractivity contribution >= 4 is 0 Å². The minimum atomic E-state index is 0.525. The first kappa shape index (κ1) is 16.8. The van der Waals surface area contributed by atoms with Gasteiger partial charge >= 0.3 is 0 Å². The Bertz CT molecular complexity index is 358. The smallest absolute Gasteiger partial charge is 0.119 e. The van der Waals surface area contributed by atoms with E-state index in [1.54, 1.807) is 0 Å². The molecule has 0 aliphatic heterocycles. The molecule has 2 nitrogen and oxygen atoms in total. The molecule has 0 saturated heterocycles. The normalized spacial score (nSPS) is 12.1. The second kappa shape index (κ2) is 10.5. The summed E-state index contributed by atoms with van der Waals surface area (Å²) in [6.45, 7) is 9.92. The lowest BCUT2D eigenvalue weighted by Gasteiger charge is -2.12. The SMILES string of the molecule is C=CCCCCCOc1ccc(CC(C)NCC)cc1. The quantitative estimate of drug-likeness (QED) is 0.479. The highest BCUT2D eigenvalue weighted by molar-refractivity contribution is 5.27. The van der Waals surface area contributed by atoms with Gasteiger partial charge in [0.2, 0.25) is 0 Å². The number of allylic oxidation sites excluding steroid dienone is 1. The molecule has 0 heterocycles. The van der Waals surface area contributed by atoms with Gasteiger partial charge in [0, 0.05) is 6.04 Å². The Kier molecular flexibility index (Phi) is 8.81. The maximum Gasteiger partial charge on any atom is 0.119 e. The van der Waals surface area contributed by atoms with Gasteiger partial charge in [0.1, 0.15) is 5.75 Å². The molecule has 1 atom stereocenters. The third-order valence-electron chi connectivity index (χ3n) is 3.34. The van der Waals surface area contributed by atoms with E-state index in [0.29, 0.717) is 6.04 Å². The van der Waals surface area contributed by atoms with Crippen molar-refractivity contribution in [3.63, 3.8) is 0 Å². The van der Waals surface area contributed by atoms with Gasteiger partial charge in [-0.3, -0.25) is 0 Å². The molecule has 2 heteroatoms. The van der Waals surface area contributed by atoms with Crippen LogP contribution >= 0.6 is 0 Å². The number of hydrogen-bond donors (Lipinski definition) is 1. The number of rotatable bonds is 11. The van der Waals surface area contributed by atoms with Crippen LogP contribution in [-0.4, -0.2) is 19.2 Å². The first-order valence-electron chi connectivity index (χ1n) is 7.82. The standard InChI is InChI=1S/C18H29NO/c1-4-6-7-8-9-14-20-18-12-10-17(11-13-18)15-16(3)19-5-2/h4,10-13,16,19H,1,5-9,14-15H2,2-3H3. The van der Waals surface area contributed by atoms with Crippen LogP contribution in [0.1, 0.15) is 45.1 Å². The van der Waals surface area contributed by atoms with E-state index in [4.69, 9.17) is 4.74 Å². The largest absolute Gasteiger partial charge is 0.494 e. The Hall–Kier alpha value is -1.28. The summed E-state index contributed by atoms with van der Waals surface area (Å²) < 4.78 is 5.75. The lowest BCUT2D eigenvalue weighted by atomic mass is 10.1. The molecule has 1 N–H and O–H groups in total. The van der Waals surface area contributed by atoms with Crippen molar-refractivity contribution < 1.29 is 4.74 Å². The van der Waals surface area contributed by atoms with Gasteiger partial charge in [0.25, 0.3) is 0 Å². The molecule has 0 saturated carbocycles. The summed E-state index contributed by atoms with van der Waals surface area (Å²) in [6, 6.07) is 9.02. The monoisotopic (exact) mass is 275 g/mol. The number of ether oxygens (including phenoxy) is 1. The molecular weight excluding hydrogens is 246 g/mol. The van der Waals surface area contributed by atoms with Crippen LogP contribution < -0.4 is 10.1 Å². The Morgan fingerprint density at radius 1 is 1.20 bits per heavy atom. The van der Waals surface area contributed by atoms with Crippen molar-refractivity contribution in [2.75, 3.05) is 13.2 Å². The first-order valence-corrected chi connectivity index (χ1v) is 7.82. The summed E-state index contributed by atoms with van der Waals surface area (Å²) in [7, 11) is 0. The average Bonchev–Trinajstić information content (AvgIpc) is 2.45. The van der Waals surface area contributed by atoms with Crippen molar-refractivity contribution in [2.45, 2.75) is 52.0 Å². The van der Waals surface area contributed by atoms with Gasteiger partial charge in [-0.05, 0) is 63.3 Å². The van der Waals surface area contributed by atoms with E-state index in [1.165, 1.54) is 18.4 Å². The first-order chi connectivity index (χ1) is 9.76. The van der Waals surface area contributed by atoms with Crippen LogP contribution in [0.5, 0.6) is 5.75 Å². The van der Waals surface area contributed by atoms with Gasteiger partial charge in [-0.25, -0.2) is 0 Å². The molecular formula is C18H29NO. The molecule has 0 fully saturated rings. The highest BCUT2D eigenvalue weighted by atomic mass is 16.5. The lowest BCUT2D eigenvalue weighted by molar-refractivity contribution is 0.305. The third-order valence-corrected chi connectivity index (χ3v) is 3.34.